The van der Waals surface area contributed by atoms with Crippen LogP contribution in [0.2, 0.25) is 0 Å². The molecular formula is C49H42. The maximum atomic E-state index is 2.59. The van der Waals surface area contributed by atoms with Gasteiger partial charge in [-0.1, -0.05) is 178 Å². The summed E-state index contributed by atoms with van der Waals surface area (Å²) in [6, 6.07) is 22.7. The summed E-state index contributed by atoms with van der Waals surface area (Å²) >= 11 is 0. The number of hydrogen-bond acceptors (Lipinski definition) is 0. The smallest absolute Gasteiger partial charge is 0.00957 e. The van der Waals surface area contributed by atoms with E-state index in [9.17, 15) is 0 Å². The minimum Gasteiger partial charge on any atom is -0.0799 e. The van der Waals surface area contributed by atoms with Crippen LogP contribution >= 0.6 is 0 Å². The first-order valence-corrected chi connectivity index (χ1v) is 18.3. The van der Waals surface area contributed by atoms with Crippen LogP contribution in [0.25, 0.3) is 21.9 Å². The summed E-state index contributed by atoms with van der Waals surface area (Å²) in [6.45, 7) is 4.91. The molecule has 0 aromatic heterocycles. The first-order chi connectivity index (χ1) is 24.0. The van der Waals surface area contributed by atoms with Gasteiger partial charge in [-0.25, -0.2) is 0 Å². The first kappa shape index (κ1) is 29.0. The van der Waals surface area contributed by atoms with Gasteiger partial charge in [0, 0.05) is 29.6 Å². The maximum absolute atomic E-state index is 2.59. The molecule has 0 spiro atoms. The second kappa shape index (κ2) is 11.0. The Morgan fingerprint density at radius 3 is 2.04 bits per heavy atom. The van der Waals surface area contributed by atoms with Crippen molar-refractivity contribution in [3.8, 4) is 11.1 Å². The van der Waals surface area contributed by atoms with Gasteiger partial charge in [0.2, 0.25) is 0 Å². The minimum absolute atomic E-state index is 0.0450. The Balaban J connectivity index is 0.912. The van der Waals surface area contributed by atoms with Gasteiger partial charge in [0.25, 0.3) is 0 Å². The van der Waals surface area contributed by atoms with Gasteiger partial charge >= 0.3 is 0 Å². The zero-order valence-electron chi connectivity index (χ0n) is 28.3. The van der Waals surface area contributed by atoms with Crippen molar-refractivity contribution in [2.45, 2.75) is 25.2 Å². The van der Waals surface area contributed by atoms with Crippen LogP contribution in [-0.2, 0) is 5.41 Å². The fraction of sp³-hybridized carbons (Fsp3) is 0.224. The first-order valence-electron chi connectivity index (χ1n) is 18.3. The van der Waals surface area contributed by atoms with Gasteiger partial charge in [-0.2, -0.15) is 0 Å². The molecule has 0 saturated carbocycles. The molecule has 0 heteroatoms. The van der Waals surface area contributed by atoms with Gasteiger partial charge in [-0.05, 0) is 84.6 Å². The van der Waals surface area contributed by atoms with Crippen LogP contribution in [0.15, 0.2) is 192 Å². The van der Waals surface area contributed by atoms with Crippen molar-refractivity contribution in [3.63, 3.8) is 0 Å². The molecular weight excluding hydrogens is 589 g/mol. The van der Waals surface area contributed by atoms with Gasteiger partial charge in [0.15, 0.2) is 0 Å². The molecule has 0 fully saturated rings. The largest absolute Gasteiger partial charge is 0.0799 e. The second-order valence-electron chi connectivity index (χ2n) is 15.7. The Labute approximate surface area is 291 Å². The van der Waals surface area contributed by atoms with E-state index in [2.05, 4.69) is 184 Å². The fourth-order valence-electron chi connectivity index (χ4n) is 9.99. The van der Waals surface area contributed by atoms with E-state index in [0.717, 1.165) is 0 Å². The van der Waals surface area contributed by atoms with Gasteiger partial charge in [0.05, 0.1) is 0 Å². The topological polar surface area (TPSA) is 0 Å². The molecule has 8 atom stereocenters. The van der Waals surface area contributed by atoms with Crippen LogP contribution in [0.5, 0.6) is 0 Å². The molecule has 0 bridgehead atoms. The number of allylic oxidation sites excluding steroid dienone is 22. The van der Waals surface area contributed by atoms with Crippen LogP contribution in [-0.4, -0.2) is 0 Å². The number of benzene rings is 3. The lowest BCUT2D eigenvalue weighted by Crippen LogP contribution is -2.33. The van der Waals surface area contributed by atoms with Crippen molar-refractivity contribution < 1.29 is 0 Å². The van der Waals surface area contributed by atoms with Gasteiger partial charge < -0.3 is 0 Å². The molecule has 0 nitrogen and oxygen atoms in total. The summed E-state index contributed by atoms with van der Waals surface area (Å²) in [6.07, 6.45) is 43.4. The molecule has 0 amide bonds. The third-order valence-electron chi connectivity index (χ3n) is 12.7. The summed E-state index contributed by atoms with van der Waals surface area (Å²) in [7, 11) is 0. The van der Waals surface area contributed by atoms with Gasteiger partial charge in [0.1, 0.15) is 0 Å². The van der Waals surface area contributed by atoms with E-state index in [1.165, 1.54) is 55.3 Å². The van der Waals surface area contributed by atoms with E-state index in [0.29, 0.717) is 47.3 Å². The normalized spacial score (nSPS) is 32.4. The molecule has 0 aliphatic heterocycles. The predicted molar refractivity (Wildman–Crippen MR) is 206 cm³/mol. The molecule has 3 aromatic carbocycles. The quantitative estimate of drug-likeness (QED) is 0.270. The number of hydrogen-bond donors (Lipinski definition) is 0. The highest BCUT2D eigenvalue weighted by atomic mass is 14.5. The lowest BCUT2D eigenvalue weighted by atomic mass is 9.63. The lowest BCUT2D eigenvalue weighted by molar-refractivity contribution is 0.336. The zero-order chi connectivity index (χ0) is 32.7. The monoisotopic (exact) mass is 630 g/mol. The highest BCUT2D eigenvalue weighted by Crippen LogP contribution is 2.55. The average molecular weight is 631 g/mol. The highest BCUT2D eigenvalue weighted by Gasteiger charge is 2.45. The van der Waals surface area contributed by atoms with E-state index >= 15 is 0 Å². The molecule has 0 radical (unpaired) electrons. The van der Waals surface area contributed by atoms with E-state index < -0.39 is 0 Å². The molecule has 238 valence electrons. The van der Waals surface area contributed by atoms with Crippen LogP contribution in [0, 0.1) is 41.4 Å². The van der Waals surface area contributed by atoms with E-state index in [4.69, 9.17) is 0 Å². The number of fused-ring (bicyclic) bond motifs is 8. The summed E-state index contributed by atoms with van der Waals surface area (Å²) in [5, 5.41) is 2.59. The third-order valence-corrected chi connectivity index (χ3v) is 12.7. The molecule has 49 heavy (non-hydrogen) atoms. The summed E-state index contributed by atoms with van der Waals surface area (Å²) in [5.41, 5.74) is 11.3. The Kier molecular flexibility index (Phi) is 6.54. The van der Waals surface area contributed by atoms with Crippen LogP contribution in [0.3, 0.4) is 0 Å². The van der Waals surface area contributed by atoms with E-state index in [-0.39, 0.29) is 5.41 Å². The standard InChI is InChI=1S/C49H42/c1-49(2)47-29-37(34-16-15-31-9-3-4-10-32(31)25-34)21-23-44(47)45-24-22-38(30-48(45)49)35-17-18-36-27-40(20-19-33(36)26-35)46-28-39-11-5-6-12-41(39)42-13-7-8-14-43(42)46/h3-30,33,36,39,41-43,45,48H,1-2H3. The van der Waals surface area contributed by atoms with Crippen molar-refractivity contribution in [1.82, 2.24) is 0 Å². The molecule has 0 heterocycles. The van der Waals surface area contributed by atoms with Crippen molar-refractivity contribution in [3.05, 3.63) is 203 Å². The van der Waals surface area contributed by atoms with Crippen molar-refractivity contribution in [1.29, 1.82) is 0 Å². The predicted octanol–water partition coefficient (Wildman–Crippen LogP) is 11.9. The van der Waals surface area contributed by atoms with Crippen molar-refractivity contribution in [2.75, 3.05) is 0 Å². The highest BCUT2D eigenvalue weighted by molar-refractivity contribution is 5.87. The molecule has 10 rings (SSSR count). The van der Waals surface area contributed by atoms with E-state index in [1.54, 1.807) is 0 Å². The van der Waals surface area contributed by atoms with Crippen LogP contribution < -0.4 is 0 Å². The molecule has 0 saturated heterocycles. The summed E-state index contributed by atoms with van der Waals surface area (Å²) in [5.74, 6) is 3.65. The summed E-state index contributed by atoms with van der Waals surface area (Å²) < 4.78 is 0. The minimum atomic E-state index is 0.0450. The van der Waals surface area contributed by atoms with Gasteiger partial charge in [-0.3, -0.25) is 0 Å². The second-order valence-corrected chi connectivity index (χ2v) is 15.7. The van der Waals surface area contributed by atoms with Crippen LogP contribution in [0.1, 0.15) is 30.9 Å². The molecule has 8 unspecified atom stereocenters. The Bertz CT molecular complexity index is 2240. The van der Waals surface area contributed by atoms with Crippen molar-refractivity contribution >= 4 is 10.8 Å². The van der Waals surface area contributed by atoms with Crippen molar-refractivity contribution in [2.24, 2.45) is 41.4 Å². The van der Waals surface area contributed by atoms with E-state index in [1.807, 2.05) is 0 Å². The number of rotatable bonds is 3. The lowest BCUT2D eigenvalue weighted by Gasteiger charge is -2.41. The Morgan fingerprint density at radius 2 is 1.16 bits per heavy atom. The summed E-state index contributed by atoms with van der Waals surface area (Å²) in [4.78, 5) is 0. The average Bonchev–Trinajstić information content (AvgIpc) is 3.38. The Morgan fingerprint density at radius 1 is 0.490 bits per heavy atom. The molecule has 3 aromatic rings. The molecule has 7 aliphatic carbocycles. The SMILES string of the molecule is CC1(C)c2cc(-c3ccc4ccccc4c3)ccc2C2C=CC(C3=CC4C=CC(C5=CC6C=CC=CC6C6C=CC=CC56)=CC4C=C3)=CC21. The molecule has 7 aliphatic rings. The fourth-order valence-corrected chi connectivity index (χ4v) is 9.99. The maximum Gasteiger partial charge on any atom is 0.00957 e. The zero-order valence-corrected chi connectivity index (χ0v) is 28.3. The van der Waals surface area contributed by atoms with Gasteiger partial charge in [-0.15, -0.1) is 0 Å². The Hall–Kier alpha value is -4.94. The molecule has 0 N–H and O–H groups in total. The third kappa shape index (κ3) is 4.64. The van der Waals surface area contributed by atoms with Crippen LogP contribution in [0.4, 0.5) is 0 Å².